The smallest absolute Gasteiger partial charge is 0.257 e. The molecule has 1 aliphatic rings. The third-order valence-electron chi connectivity index (χ3n) is 4.19. The Bertz CT molecular complexity index is 865. The molecular weight excluding hydrogens is 306 g/mol. The van der Waals surface area contributed by atoms with E-state index in [1.807, 2.05) is 18.3 Å². The number of benzene rings is 1. The van der Waals surface area contributed by atoms with Gasteiger partial charge in [0.25, 0.3) is 11.8 Å². The lowest BCUT2D eigenvalue weighted by Gasteiger charge is -2.24. The summed E-state index contributed by atoms with van der Waals surface area (Å²) in [7, 11) is 0. The summed E-state index contributed by atoms with van der Waals surface area (Å²) in [5, 5.41) is 6.86. The molecule has 1 amide bonds. The van der Waals surface area contributed by atoms with Crippen molar-refractivity contribution in [2.24, 2.45) is 0 Å². The Hall–Kier alpha value is -2.96. The molecule has 0 aliphatic carbocycles. The summed E-state index contributed by atoms with van der Waals surface area (Å²) < 4.78 is 7.22. The zero-order valence-electron chi connectivity index (χ0n) is 13.3. The van der Waals surface area contributed by atoms with Crippen LogP contribution in [-0.2, 0) is 13.0 Å². The van der Waals surface area contributed by atoms with Crippen molar-refractivity contribution < 1.29 is 9.32 Å². The minimum atomic E-state index is -0.0724. The lowest BCUT2D eigenvalue weighted by Crippen LogP contribution is -2.40. The Balaban J connectivity index is 1.43. The quantitative estimate of drug-likeness (QED) is 0.796. The van der Waals surface area contributed by atoms with E-state index in [0.29, 0.717) is 17.3 Å². The standard InChI is InChI=1S/C17H17N5O2/c1-11-19-17(24-21-11)13-4-2-12(3-5-13)16(23)20-14-6-7-15-18-8-9-22(15)10-14/h2-5,8-9,14H,6-7,10H2,1H3,(H,20,23)/t14-/m0/s1. The van der Waals surface area contributed by atoms with Crippen LogP contribution in [0.2, 0.25) is 0 Å². The van der Waals surface area contributed by atoms with Crippen LogP contribution in [0, 0.1) is 6.92 Å². The Morgan fingerprint density at radius 1 is 1.33 bits per heavy atom. The maximum absolute atomic E-state index is 12.4. The van der Waals surface area contributed by atoms with Gasteiger partial charge in [0.1, 0.15) is 5.82 Å². The minimum absolute atomic E-state index is 0.0724. The molecule has 3 aromatic rings. The molecule has 1 aromatic carbocycles. The molecule has 1 aliphatic heterocycles. The Labute approximate surface area is 138 Å². The van der Waals surface area contributed by atoms with Crippen molar-refractivity contribution in [3.63, 3.8) is 0 Å². The molecule has 0 saturated carbocycles. The van der Waals surface area contributed by atoms with Gasteiger partial charge in [-0.1, -0.05) is 5.16 Å². The Morgan fingerprint density at radius 3 is 2.92 bits per heavy atom. The van der Waals surface area contributed by atoms with Crippen LogP contribution in [0.1, 0.15) is 28.4 Å². The summed E-state index contributed by atoms with van der Waals surface area (Å²) in [6.45, 7) is 2.53. The number of amides is 1. The second-order valence-corrected chi connectivity index (χ2v) is 5.93. The first-order chi connectivity index (χ1) is 11.7. The number of nitrogens with zero attached hydrogens (tertiary/aromatic N) is 4. The molecule has 0 spiro atoms. The number of aryl methyl sites for hydroxylation is 2. The van der Waals surface area contributed by atoms with Crippen molar-refractivity contribution in [2.45, 2.75) is 32.4 Å². The Kier molecular flexibility index (Phi) is 3.60. The number of fused-ring (bicyclic) bond motifs is 1. The van der Waals surface area contributed by atoms with Crippen LogP contribution in [0.3, 0.4) is 0 Å². The molecule has 0 radical (unpaired) electrons. The number of hydrogen-bond donors (Lipinski definition) is 1. The van der Waals surface area contributed by atoms with Gasteiger partial charge in [0, 0.05) is 42.5 Å². The van der Waals surface area contributed by atoms with Crippen molar-refractivity contribution in [2.75, 3.05) is 0 Å². The lowest BCUT2D eigenvalue weighted by atomic mass is 10.1. The number of hydrogen-bond acceptors (Lipinski definition) is 5. The molecule has 0 fully saturated rings. The van der Waals surface area contributed by atoms with E-state index in [4.69, 9.17) is 4.52 Å². The summed E-state index contributed by atoms with van der Waals surface area (Å²) in [6, 6.07) is 7.30. The molecule has 1 atom stereocenters. The summed E-state index contributed by atoms with van der Waals surface area (Å²) in [5.74, 6) is 2.05. The van der Waals surface area contributed by atoms with Crippen molar-refractivity contribution in [3.05, 3.63) is 53.9 Å². The fraction of sp³-hybridized carbons (Fsp3) is 0.294. The summed E-state index contributed by atoms with van der Waals surface area (Å²) >= 11 is 0. The predicted molar refractivity (Wildman–Crippen MR) is 86.3 cm³/mol. The highest BCUT2D eigenvalue weighted by Gasteiger charge is 2.21. The molecule has 0 bridgehead atoms. The van der Waals surface area contributed by atoms with Gasteiger partial charge in [-0.2, -0.15) is 4.98 Å². The molecule has 1 N–H and O–H groups in total. The van der Waals surface area contributed by atoms with Gasteiger partial charge in [-0.15, -0.1) is 0 Å². The highest BCUT2D eigenvalue weighted by Crippen LogP contribution is 2.18. The molecule has 7 nitrogen and oxygen atoms in total. The molecule has 24 heavy (non-hydrogen) atoms. The minimum Gasteiger partial charge on any atom is -0.347 e. The first-order valence-electron chi connectivity index (χ1n) is 7.90. The zero-order chi connectivity index (χ0) is 16.5. The van der Waals surface area contributed by atoms with Gasteiger partial charge >= 0.3 is 0 Å². The summed E-state index contributed by atoms with van der Waals surface area (Å²) in [6.07, 6.45) is 5.54. The van der Waals surface area contributed by atoms with E-state index in [-0.39, 0.29) is 11.9 Å². The highest BCUT2D eigenvalue weighted by molar-refractivity contribution is 5.94. The van der Waals surface area contributed by atoms with Gasteiger partial charge in [-0.3, -0.25) is 4.79 Å². The number of nitrogens with one attached hydrogen (secondary N) is 1. The number of carbonyl (C=O) groups excluding carboxylic acids is 1. The third kappa shape index (κ3) is 2.80. The maximum Gasteiger partial charge on any atom is 0.257 e. The molecular formula is C17H17N5O2. The fourth-order valence-electron chi connectivity index (χ4n) is 2.93. The zero-order valence-corrected chi connectivity index (χ0v) is 13.3. The molecule has 0 saturated heterocycles. The number of carbonyl (C=O) groups is 1. The van der Waals surface area contributed by atoms with Crippen LogP contribution >= 0.6 is 0 Å². The van der Waals surface area contributed by atoms with Gasteiger partial charge in [0.05, 0.1) is 0 Å². The van der Waals surface area contributed by atoms with Crippen LogP contribution in [0.5, 0.6) is 0 Å². The van der Waals surface area contributed by atoms with Gasteiger partial charge in [0.15, 0.2) is 5.82 Å². The second kappa shape index (κ2) is 5.92. The van der Waals surface area contributed by atoms with Crippen LogP contribution in [0.15, 0.2) is 41.2 Å². The van der Waals surface area contributed by atoms with E-state index in [1.54, 1.807) is 25.3 Å². The number of imidazole rings is 1. The predicted octanol–water partition coefficient (Wildman–Crippen LogP) is 1.99. The monoisotopic (exact) mass is 323 g/mol. The highest BCUT2D eigenvalue weighted by atomic mass is 16.5. The largest absolute Gasteiger partial charge is 0.347 e. The molecule has 122 valence electrons. The van der Waals surface area contributed by atoms with Gasteiger partial charge in [0.2, 0.25) is 0 Å². The molecule has 0 unspecified atom stereocenters. The van der Waals surface area contributed by atoms with E-state index in [0.717, 1.165) is 30.8 Å². The van der Waals surface area contributed by atoms with Crippen molar-refractivity contribution in [3.8, 4) is 11.5 Å². The third-order valence-corrected chi connectivity index (χ3v) is 4.19. The fourth-order valence-corrected chi connectivity index (χ4v) is 2.93. The van der Waals surface area contributed by atoms with Crippen LogP contribution in [0.4, 0.5) is 0 Å². The van der Waals surface area contributed by atoms with Gasteiger partial charge in [-0.25, -0.2) is 4.98 Å². The topological polar surface area (TPSA) is 85.8 Å². The molecule has 4 rings (SSSR count). The van der Waals surface area contributed by atoms with E-state index in [2.05, 4.69) is 25.0 Å². The first kappa shape index (κ1) is 14.6. The van der Waals surface area contributed by atoms with E-state index < -0.39 is 0 Å². The summed E-state index contributed by atoms with van der Waals surface area (Å²) in [5.41, 5.74) is 1.42. The first-order valence-corrected chi connectivity index (χ1v) is 7.90. The average Bonchev–Trinajstić information content (AvgIpc) is 3.23. The van der Waals surface area contributed by atoms with Crippen LogP contribution < -0.4 is 5.32 Å². The van der Waals surface area contributed by atoms with Gasteiger partial charge < -0.3 is 14.4 Å². The summed E-state index contributed by atoms with van der Waals surface area (Å²) in [4.78, 5) is 20.9. The second-order valence-electron chi connectivity index (χ2n) is 5.93. The lowest BCUT2D eigenvalue weighted by molar-refractivity contribution is 0.0927. The molecule has 3 heterocycles. The van der Waals surface area contributed by atoms with Crippen molar-refractivity contribution >= 4 is 5.91 Å². The Morgan fingerprint density at radius 2 is 2.17 bits per heavy atom. The molecule has 2 aromatic heterocycles. The normalized spacial score (nSPS) is 16.6. The van der Waals surface area contributed by atoms with Gasteiger partial charge in [-0.05, 0) is 37.6 Å². The van der Waals surface area contributed by atoms with Crippen LogP contribution in [-0.4, -0.2) is 31.6 Å². The van der Waals surface area contributed by atoms with E-state index in [9.17, 15) is 4.79 Å². The van der Waals surface area contributed by atoms with Crippen molar-refractivity contribution in [1.29, 1.82) is 0 Å². The number of rotatable bonds is 3. The van der Waals surface area contributed by atoms with E-state index in [1.165, 1.54) is 0 Å². The SMILES string of the molecule is Cc1noc(-c2ccc(C(=O)N[C@H]3CCc4nccn4C3)cc2)n1. The average molecular weight is 323 g/mol. The maximum atomic E-state index is 12.4. The molecule has 7 heteroatoms. The number of aromatic nitrogens is 4. The van der Waals surface area contributed by atoms with E-state index >= 15 is 0 Å². The van der Waals surface area contributed by atoms with Crippen molar-refractivity contribution in [1.82, 2.24) is 25.0 Å². The van der Waals surface area contributed by atoms with Crippen LogP contribution in [0.25, 0.3) is 11.5 Å².